The Kier molecular flexibility index (Phi) is 9.07. The summed E-state index contributed by atoms with van der Waals surface area (Å²) < 4.78 is 0. The van der Waals surface area contributed by atoms with Gasteiger partial charge in [-0.1, -0.05) is 218 Å². The molecular formula is C64H41N3. The molecule has 1 spiro atoms. The monoisotopic (exact) mass is 851 g/mol. The van der Waals surface area contributed by atoms with Gasteiger partial charge in [0.2, 0.25) is 0 Å². The fourth-order valence-corrected chi connectivity index (χ4v) is 10.8. The second-order valence-corrected chi connectivity index (χ2v) is 17.5. The van der Waals surface area contributed by atoms with Crippen molar-refractivity contribution in [2.24, 2.45) is 0 Å². The van der Waals surface area contributed by atoms with Crippen LogP contribution >= 0.6 is 0 Å². The van der Waals surface area contributed by atoms with Gasteiger partial charge in [0.1, 0.15) is 0 Å². The molecule has 0 fully saturated rings. The normalized spacial score (nSPS) is 12.6. The first-order valence-corrected chi connectivity index (χ1v) is 22.9. The molecule has 2 aliphatic carbocycles. The number of fused-ring (bicyclic) bond motifs is 12. The second-order valence-electron chi connectivity index (χ2n) is 17.5. The number of benzene rings is 10. The Hall–Kier alpha value is -8.79. The zero-order valence-corrected chi connectivity index (χ0v) is 36.5. The van der Waals surface area contributed by atoms with Crippen LogP contribution in [0.4, 0.5) is 0 Å². The number of nitrogens with zero attached hydrogens (tertiary/aromatic N) is 3. The van der Waals surface area contributed by atoms with Crippen molar-refractivity contribution >= 4 is 0 Å². The molecule has 67 heavy (non-hydrogen) atoms. The first kappa shape index (κ1) is 38.6. The van der Waals surface area contributed by atoms with Gasteiger partial charge in [0.15, 0.2) is 17.5 Å². The van der Waals surface area contributed by atoms with E-state index in [0.29, 0.717) is 17.5 Å². The van der Waals surface area contributed by atoms with Crippen LogP contribution in [0, 0.1) is 0 Å². The van der Waals surface area contributed by atoms with Crippen LogP contribution in [0.15, 0.2) is 249 Å². The molecule has 0 saturated heterocycles. The van der Waals surface area contributed by atoms with Crippen molar-refractivity contribution in [1.82, 2.24) is 15.0 Å². The number of aromatic nitrogens is 3. The summed E-state index contributed by atoms with van der Waals surface area (Å²) in [6.07, 6.45) is 0. The minimum Gasteiger partial charge on any atom is -0.208 e. The highest BCUT2D eigenvalue weighted by Crippen LogP contribution is 2.61. The van der Waals surface area contributed by atoms with Gasteiger partial charge in [0.25, 0.3) is 0 Å². The molecule has 0 saturated carbocycles. The van der Waals surface area contributed by atoms with E-state index in [0.717, 1.165) is 50.1 Å². The van der Waals surface area contributed by atoms with E-state index in [1.807, 2.05) is 0 Å². The van der Waals surface area contributed by atoms with Crippen LogP contribution in [0.5, 0.6) is 0 Å². The molecule has 1 heterocycles. The summed E-state index contributed by atoms with van der Waals surface area (Å²) in [6, 6.07) is 89.6. The Labute approximate surface area is 390 Å². The third-order valence-electron chi connectivity index (χ3n) is 13.7. The van der Waals surface area contributed by atoms with Gasteiger partial charge in [0, 0.05) is 16.7 Å². The molecule has 13 rings (SSSR count). The van der Waals surface area contributed by atoms with Crippen LogP contribution < -0.4 is 0 Å². The Balaban J connectivity index is 1.07. The Morgan fingerprint density at radius 2 is 0.522 bits per heavy atom. The molecule has 0 amide bonds. The number of rotatable bonds is 6. The van der Waals surface area contributed by atoms with Crippen LogP contribution in [0.2, 0.25) is 0 Å². The van der Waals surface area contributed by atoms with Gasteiger partial charge in [-0.05, 0) is 119 Å². The molecule has 3 nitrogen and oxygen atoms in total. The molecule has 0 unspecified atom stereocenters. The standard InChI is InChI=1S/C64H41N3/c1-4-19-42(20-5-1)45-25-18-26-46(37-45)61-65-62(67-63(66-61)50-39-48(43-21-6-2-7-22-43)38-49(40-50)44-23-8-3-9-24-44)47-35-36-56-55-31-14-17-34-59(55)64(60(56)41-47)57-32-15-12-29-53(57)51-27-10-11-28-52(51)54-30-13-16-33-58(54)64/h1-41H. The maximum absolute atomic E-state index is 5.48. The molecule has 10 aromatic carbocycles. The maximum Gasteiger partial charge on any atom is 0.164 e. The van der Waals surface area contributed by atoms with E-state index >= 15 is 0 Å². The molecule has 0 bridgehead atoms. The van der Waals surface area contributed by atoms with Crippen LogP contribution in [0.25, 0.3) is 101 Å². The molecule has 0 aliphatic heterocycles. The molecule has 1 aromatic heterocycles. The SMILES string of the molecule is c1ccc(-c2cccc(-c3nc(-c4cc(-c5ccccc5)cc(-c5ccccc5)c4)nc(-c4ccc5c(c4)C4(c6ccccc6-c6ccccc6-c6ccccc64)c4ccccc4-5)n3)c2)cc1. The quantitative estimate of drug-likeness (QED) is 0.167. The van der Waals surface area contributed by atoms with Gasteiger partial charge >= 0.3 is 0 Å². The van der Waals surface area contributed by atoms with Crippen molar-refractivity contribution < 1.29 is 0 Å². The minimum atomic E-state index is -0.633. The molecule has 0 radical (unpaired) electrons. The molecule has 312 valence electrons. The fourth-order valence-electron chi connectivity index (χ4n) is 10.8. The van der Waals surface area contributed by atoms with Crippen molar-refractivity contribution in [3.05, 3.63) is 271 Å². The van der Waals surface area contributed by atoms with Gasteiger partial charge in [-0.3, -0.25) is 0 Å². The summed E-state index contributed by atoms with van der Waals surface area (Å²) in [4.78, 5) is 16.3. The molecule has 3 heteroatoms. The largest absolute Gasteiger partial charge is 0.208 e. The van der Waals surface area contributed by atoms with Gasteiger partial charge in [-0.2, -0.15) is 0 Å². The van der Waals surface area contributed by atoms with E-state index in [1.165, 1.54) is 55.6 Å². The fraction of sp³-hybridized carbons (Fsp3) is 0.0156. The third kappa shape index (κ3) is 6.31. The summed E-state index contributed by atoms with van der Waals surface area (Å²) in [5, 5.41) is 0. The van der Waals surface area contributed by atoms with Gasteiger partial charge in [0.05, 0.1) is 5.41 Å². The van der Waals surface area contributed by atoms with Crippen LogP contribution in [0.3, 0.4) is 0 Å². The molecule has 2 aliphatic rings. The van der Waals surface area contributed by atoms with E-state index in [4.69, 9.17) is 15.0 Å². The van der Waals surface area contributed by atoms with E-state index in [1.54, 1.807) is 0 Å². The van der Waals surface area contributed by atoms with Crippen molar-refractivity contribution in [3.8, 4) is 101 Å². The molecule has 0 atom stereocenters. The second kappa shape index (κ2) is 15.7. The van der Waals surface area contributed by atoms with Crippen LogP contribution in [0.1, 0.15) is 22.3 Å². The first-order valence-electron chi connectivity index (χ1n) is 22.9. The van der Waals surface area contributed by atoms with E-state index in [-0.39, 0.29) is 0 Å². The average molecular weight is 852 g/mol. The van der Waals surface area contributed by atoms with Crippen LogP contribution in [-0.2, 0) is 5.41 Å². The van der Waals surface area contributed by atoms with Gasteiger partial charge in [-0.15, -0.1) is 0 Å². The topological polar surface area (TPSA) is 38.7 Å². The Bertz CT molecular complexity index is 3560. The van der Waals surface area contributed by atoms with Crippen molar-refractivity contribution in [3.63, 3.8) is 0 Å². The van der Waals surface area contributed by atoms with E-state index < -0.39 is 5.41 Å². The first-order chi connectivity index (χ1) is 33.2. The predicted molar refractivity (Wildman–Crippen MR) is 274 cm³/mol. The lowest BCUT2D eigenvalue weighted by Crippen LogP contribution is -2.29. The highest BCUT2D eigenvalue weighted by atomic mass is 15.0. The lowest BCUT2D eigenvalue weighted by Gasteiger charge is -2.35. The highest BCUT2D eigenvalue weighted by Gasteiger charge is 2.49. The third-order valence-corrected chi connectivity index (χ3v) is 13.7. The summed E-state index contributed by atoms with van der Waals surface area (Å²) in [7, 11) is 0. The minimum absolute atomic E-state index is 0.610. The lowest BCUT2D eigenvalue weighted by molar-refractivity contribution is 0.775. The van der Waals surface area contributed by atoms with E-state index in [2.05, 4.69) is 249 Å². The maximum atomic E-state index is 5.48. The molecule has 0 N–H and O–H groups in total. The summed E-state index contributed by atoms with van der Waals surface area (Å²) in [5.41, 5.74) is 21.2. The van der Waals surface area contributed by atoms with Gasteiger partial charge < -0.3 is 0 Å². The highest BCUT2D eigenvalue weighted by molar-refractivity contribution is 5.98. The van der Waals surface area contributed by atoms with Crippen molar-refractivity contribution in [1.29, 1.82) is 0 Å². The molecule has 11 aromatic rings. The predicted octanol–water partition coefficient (Wildman–Crippen LogP) is 15.9. The average Bonchev–Trinajstić information content (AvgIpc) is 3.65. The molecular weight excluding hydrogens is 811 g/mol. The number of hydrogen-bond acceptors (Lipinski definition) is 3. The van der Waals surface area contributed by atoms with Crippen molar-refractivity contribution in [2.45, 2.75) is 5.41 Å². The Morgan fingerprint density at radius 1 is 0.194 bits per heavy atom. The van der Waals surface area contributed by atoms with E-state index in [9.17, 15) is 0 Å². The summed E-state index contributed by atoms with van der Waals surface area (Å²) in [6.45, 7) is 0. The van der Waals surface area contributed by atoms with Gasteiger partial charge in [-0.25, -0.2) is 15.0 Å². The summed E-state index contributed by atoms with van der Waals surface area (Å²) >= 11 is 0. The number of hydrogen-bond donors (Lipinski definition) is 0. The zero-order valence-electron chi connectivity index (χ0n) is 36.5. The smallest absolute Gasteiger partial charge is 0.164 e. The lowest BCUT2D eigenvalue weighted by atomic mass is 9.66. The van der Waals surface area contributed by atoms with Crippen LogP contribution in [-0.4, -0.2) is 15.0 Å². The zero-order chi connectivity index (χ0) is 44.3. The van der Waals surface area contributed by atoms with Crippen molar-refractivity contribution in [2.75, 3.05) is 0 Å². The summed E-state index contributed by atoms with van der Waals surface area (Å²) in [5.74, 6) is 1.84. The Morgan fingerprint density at radius 3 is 1.03 bits per heavy atom.